The Hall–Kier alpha value is -5.18. The van der Waals surface area contributed by atoms with Crippen LogP contribution in [0, 0.1) is 0 Å². The summed E-state index contributed by atoms with van der Waals surface area (Å²) < 4.78 is 0. The molecule has 7 aromatic rings. The third-order valence-corrected chi connectivity index (χ3v) is 14.4. The summed E-state index contributed by atoms with van der Waals surface area (Å²) in [6, 6.07) is 56.6. The number of rotatable bonds is 4. The molecule has 1 heterocycles. The van der Waals surface area contributed by atoms with Gasteiger partial charge in [-0.1, -0.05) is 148 Å². The van der Waals surface area contributed by atoms with E-state index in [0.29, 0.717) is 0 Å². The van der Waals surface area contributed by atoms with Gasteiger partial charge in [0.1, 0.15) is 8.07 Å². The highest BCUT2D eigenvalue weighted by Gasteiger charge is 2.40. The van der Waals surface area contributed by atoms with E-state index in [2.05, 4.69) is 184 Å². The number of hydrogen-bond acceptors (Lipinski definition) is 1. The van der Waals surface area contributed by atoms with Gasteiger partial charge in [0.15, 0.2) is 0 Å². The molecule has 2 heteroatoms. The maximum absolute atomic E-state index is 2.56. The molecule has 0 amide bonds. The maximum Gasteiger partial charge on any atom is 0.113 e. The first-order chi connectivity index (χ1) is 22.8. The van der Waals surface area contributed by atoms with E-state index < -0.39 is 8.07 Å². The van der Waals surface area contributed by atoms with Crippen LogP contribution in [-0.4, -0.2) is 8.07 Å². The smallest absolute Gasteiger partial charge is 0.113 e. The number of fused-ring (bicyclic) bond motifs is 7. The van der Waals surface area contributed by atoms with Gasteiger partial charge >= 0.3 is 0 Å². The fourth-order valence-corrected chi connectivity index (χ4v) is 11.5. The van der Waals surface area contributed by atoms with Gasteiger partial charge in [-0.25, -0.2) is 0 Å². The summed E-state index contributed by atoms with van der Waals surface area (Å²) in [4.78, 5) is 2.56. The Morgan fingerprint density at radius 3 is 1.91 bits per heavy atom. The molecule has 0 aromatic heterocycles. The molecule has 47 heavy (non-hydrogen) atoms. The van der Waals surface area contributed by atoms with Crippen molar-refractivity contribution in [3.05, 3.63) is 163 Å². The first-order valence-corrected chi connectivity index (χ1v) is 19.7. The van der Waals surface area contributed by atoms with Gasteiger partial charge in [-0.15, -0.1) is 0 Å². The molecule has 226 valence electrons. The normalized spacial score (nSPS) is 14.7. The summed E-state index contributed by atoms with van der Waals surface area (Å²) in [6.07, 6.45) is 0. The molecule has 7 aromatic carbocycles. The van der Waals surface area contributed by atoms with Crippen molar-refractivity contribution in [2.24, 2.45) is 0 Å². The predicted molar refractivity (Wildman–Crippen MR) is 204 cm³/mol. The fraction of sp³-hybridized carbons (Fsp3) is 0.111. The highest BCUT2D eigenvalue weighted by molar-refractivity contribution is 7.03. The number of anilines is 3. The summed E-state index contributed by atoms with van der Waals surface area (Å²) in [7, 11) is -1.90. The Labute approximate surface area is 278 Å². The third-order valence-electron chi connectivity index (χ3n) is 10.8. The van der Waals surface area contributed by atoms with E-state index in [1.807, 2.05) is 0 Å². The van der Waals surface area contributed by atoms with Crippen LogP contribution in [0.15, 0.2) is 152 Å². The third kappa shape index (κ3) is 4.08. The van der Waals surface area contributed by atoms with E-state index >= 15 is 0 Å². The topological polar surface area (TPSA) is 3.24 Å². The zero-order valence-electron chi connectivity index (χ0n) is 27.4. The molecule has 0 bridgehead atoms. The van der Waals surface area contributed by atoms with Crippen molar-refractivity contribution in [3.63, 3.8) is 0 Å². The van der Waals surface area contributed by atoms with Gasteiger partial charge in [-0.05, 0) is 85.0 Å². The lowest BCUT2D eigenvalue weighted by molar-refractivity contribution is 0.661. The molecular formula is C45H37NSi. The Kier molecular flexibility index (Phi) is 6.07. The van der Waals surface area contributed by atoms with Crippen molar-refractivity contribution >= 4 is 46.3 Å². The minimum absolute atomic E-state index is 0.109. The van der Waals surface area contributed by atoms with Crippen LogP contribution in [0.2, 0.25) is 13.1 Å². The summed E-state index contributed by atoms with van der Waals surface area (Å²) in [5.41, 5.74) is 14.3. The molecule has 1 aliphatic carbocycles. The van der Waals surface area contributed by atoms with Gasteiger partial charge in [0.2, 0.25) is 0 Å². The van der Waals surface area contributed by atoms with Crippen LogP contribution in [0.25, 0.3) is 44.2 Å². The van der Waals surface area contributed by atoms with Gasteiger partial charge in [0.25, 0.3) is 0 Å². The summed E-state index contributed by atoms with van der Waals surface area (Å²) in [5.74, 6) is 0. The molecule has 0 saturated carbocycles. The zero-order chi connectivity index (χ0) is 31.9. The lowest BCUT2D eigenvalue weighted by Crippen LogP contribution is -2.49. The lowest BCUT2D eigenvalue weighted by Gasteiger charge is -2.31. The van der Waals surface area contributed by atoms with Gasteiger partial charge < -0.3 is 4.90 Å². The van der Waals surface area contributed by atoms with E-state index in [9.17, 15) is 0 Å². The molecule has 0 atom stereocenters. The predicted octanol–water partition coefficient (Wildman–Crippen LogP) is 11.1. The quantitative estimate of drug-likeness (QED) is 0.177. The van der Waals surface area contributed by atoms with Crippen molar-refractivity contribution in [2.45, 2.75) is 32.4 Å². The fourth-order valence-electron chi connectivity index (χ4n) is 8.39. The van der Waals surface area contributed by atoms with Gasteiger partial charge in [0, 0.05) is 27.7 Å². The summed E-state index contributed by atoms with van der Waals surface area (Å²) in [6.45, 7) is 9.79. The molecule has 1 aliphatic heterocycles. The van der Waals surface area contributed by atoms with E-state index in [-0.39, 0.29) is 5.41 Å². The highest BCUT2D eigenvalue weighted by atomic mass is 28.3. The molecule has 0 spiro atoms. The molecule has 2 aliphatic rings. The SMILES string of the molecule is CC1(C)c2ccccc2-c2c1cc1ccccc1c2N(c1ccc(-c2ccccc2)cc1)c1ccc2c(c1)[Si](C)(C)c1ccccc1-2. The van der Waals surface area contributed by atoms with Crippen molar-refractivity contribution < 1.29 is 0 Å². The standard InChI is InChI=1S/C45H37NSi/c1-45(2)39-20-12-10-19-38(39)43-40(45)28-32-16-8-9-17-35(32)44(43)46(33-24-22-31(23-25-33)30-14-6-5-7-15-30)34-26-27-37-36-18-11-13-21-41(36)47(3,4)42(37)29-34/h5-29H,1-4H3. The van der Waals surface area contributed by atoms with Crippen molar-refractivity contribution in [1.82, 2.24) is 0 Å². The van der Waals surface area contributed by atoms with Crippen LogP contribution in [0.3, 0.4) is 0 Å². The van der Waals surface area contributed by atoms with Crippen LogP contribution >= 0.6 is 0 Å². The molecular weight excluding hydrogens is 583 g/mol. The minimum Gasteiger partial charge on any atom is -0.309 e. The highest BCUT2D eigenvalue weighted by Crippen LogP contribution is 2.56. The van der Waals surface area contributed by atoms with Crippen LogP contribution in [0.5, 0.6) is 0 Å². The van der Waals surface area contributed by atoms with Crippen LogP contribution in [0.4, 0.5) is 17.1 Å². The Morgan fingerprint density at radius 1 is 0.489 bits per heavy atom. The van der Waals surface area contributed by atoms with Crippen molar-refractivity contribution in [1.29, 1.82) is 0 Å². The molecule has 0 fully saturated rings. The van der Waals surface area contributed by atoms with Gasteiger partial charge in [-0.3, -0.25) is 0 Å². The van der Waals surface area contributed by atoms with Crippen molar-refractivity contribution in [3.8, 4) is 33.4 Å². The Morgan fingerprint density at radius 2 is 1.11 bits per heavy atom. The second-order valence-electron chi connectivity index (χ2n) is 14.2. The van der Waals surface area contributed by atoms with E-state index in [4.69, 9.17) is 0 Å². The number of benzene rings is 7. The number of hydrogen-bond donors (Lipinski definition) is 0. The molecule has 0 saturated heterocycles. The van der Waals surface area contributed by atoms with Gasteiger partial charge in [0.05, 0.1) is 5.69 Å². The average molecular weight is 620 g/mol. The maximum atomic E-state index is 2.56. The van der Waals surface area contributed by atoms with Gasteiger partial charge in [-0.2, -0.15) is 0 Å². The largest absolute Gasteiger partial charge is 0.309 e. The average Bonchev–Trinajstić information content (AvgIpc) is 3.48. The first kappa shape index (κ1) is 28.1. The minimum atomic E-state index is -1.90. The van der Waals surface area contributed by atoms with Crippen LogP contribution in [-0.2, 0) is 5.41 Å². The van der Waals surface area contributed by atoms with Crippen LogP contribution in [0.1, 0.15) is 25.0 Å². The second-order valence-corrected chi connectivity index (χ2v) is 18.5. The molecule has 9 rings (SSSR count). The second kappa shape index (κ2) is 10.2. The summed E-state index contributed by atoms with van der Waals surface area (Å²) >= 11 is 0. The molecule has 0 radical (unpaired) electrons. The monoisotopic (exact) mass is 619 g/mol. The zero-order valence-corrected chi connectivity index (χ0v) is 28.4. The molecule has 0 unspecified atom stereocenters. The van der Waals surface area contributed by atoms with E-state index in [0.717, 1.165) is 0 Å². The molecule has 0 N–H and O–H groups in total. The van der Waals surface area contributed by atoms with E-state index in [1.54, 1.807) is 0 Å². The lowest BCUT2D eigenvalue weighted by atomic mass is 9.81. The van der Waals surface area contributed by atoms with Crippen molar-refractivity contribution in [2.75, 3.05) is 4.90 Å². The summed E-state index contributed by atoms with van der Waals surface area (Å²) in [5, 5.41) is 5.59. The van der Waals surface area contributed by atoms with E-state index in [1.165, 1.54) is 82.7 Å². The Balaban J connectivity index is 1.35. The van der Waals surface area contributed by atoms with Crippen LogP contribution < -0.4 is 15.3 Å². The first-order valence-electron chi connectivity index (χ1n) is 16.7. The Bertz CT molecular complexity index is 2350. The molecule has 1 nitrogen and oxygen atoms in total. The number of nitrogens with zero attached hydrogens (tertiary/aromatic N) is 1.